The maximum absolute atomic E-state index is 13.9. The number of carbonyl (C=O) groups excluding carboxylic acids is 2. The lowest BCUT2D eigenvalue weighted by atomic mass is 10.1. The molecule has 2 aromatic carbocycles. The van der Waals surface area contributed by atoms with Gasteiger partial charge < -0.3 is 10.6 Å². The van der Waals surface area contributed by atoms with Crippen LogP contribution in [-0.4, -0.2) is 33.2 Å². The van der Waals surface area contributed by atoms with E-state index in [0.717, 1.165) is 4.57 Å². The molecule has 9 heteroatoms. The lowest BCUT2D eigenvalue weighted by Crippen LogP contribution is -2.67. The van der Waals surface area contributed by atoms with Crippen LogP contribution in [0.4, 0.5) is 19.1 Å². The maximum Gasteiger partial charge on any atom is 0.440 e. The molecular weight excluding hydrogens is 361 g/mol. The first-order valence-electron chi connectivity index (χ1n) is 8.00. The average Bonchev–Trinajstić information content (AvgIpc) is 3.10. The molecule has 0 fully saturated rings. The Bertz CT molecular complexity index is 1090. The second kappa shape index (κ2) is 5.57. The number of aromatic nitrogens is 2. The highest BCUT2D eigenvalue weighted by Gasteiger charge is 2.66. The number of nitrogens with one attached hydrogen (secondary N) is 2. The minimum absolute atomic E-state index is 0.0464. The molecule has 2 N–H and O–H groups in total. The summed E-state index contributed by atoms with van der Waals surface area (Å²) in [5, 5.41) is 3.94. The maximum atomic E-state index is 13.9. The predicted octanol–water partition coefficient (Wildman–Crippen LogP) is 3.10. The Kier molecular flexibility index (Phi) is 3.52. The average molecular weight is 374 g/mol. The van der Waals surface area contributed by atoms with Crippen LogP contribution in [0.5, 0.6) is 0 Å². The summed E-state index contributed by atoms with van der Waals surface area (Å²) in [6, 6.07) is 12.5. The van der Waals surface area contributed by atoms with E-state index in [-0.39, 0.29) is 17.0 Å². The molecule has 0 saturated carbocycles. The van der Waals surface area contributed by atoms with Gasteiger partial charge in [0.1, 0.15) is 0 Å². The van der Waals surface area contributed by atoms with Crippen LogP contribution in [0, 0.1) is 6.92 Å². The van der Waals surface area contributed by atoms with E-state index in [1.54, 1.807) is 37.3 Å². The molecule has 3 aromatic rings. The number of imidazole rings is 1. The largest absolute Gasteiger partial charge is 0.440 e. The van der Waals surface area contributed by atoms with Gasteiger partial charge in [0, 0.05) is 5.56 Å². The first-order chi connectivity index (χ1) is 12.7. The minimum Gasteiger partial charge on any atom is -0.317 e. The summed E-state index contributed by atoms with van der Waals surface area (Å²) in [7, 11) is 0. The fraction of sp³-hybridized carbons (Fsp3) is 0.167. The van der Waals surface area contributed by atoms with Crippen LogP contribution >= 0.6 is 0 Å². The van der Waals surface area contributed by atoms with E-state index in [0.29, 0.717) is 11.1 Å². The number of rotatable bonds is 2. The molecule has 6 nitrogen and oxygen atoms in total. The van der Waals surface area contributed by atoms with Crippen molar-refractivity contribution in [3.05, 3.63) is 59.7 Å². The van der Waals surface area contributed by atoms with Crippen LogP contribution in [0.2, 0.25) is 0 Å². The van der Waals surface area contributed by atoms with Crippen LogP contribution in [0.3, 0.4) is 0 Å². The molecule has 27 heavy (non-hydrogen) atoms. The van der Waals surface area contributed by atoms with Gasteiger partial charge in [-0.25, -0.2) is 9.55 Å². The number of fused-ring (bicyclic) bond motifs is 3. The van der Waals surface area contributed by atoms with E-state index in [9.17, 15) is 22.8 Å². The van der Waals surface area contributed by atoms with Crippen molar-refractivity contribution < 1.29 is 22.8 Å². The normalized spacial score (nSPS) is 19.0. The van der Waals surface area contributed by atoms with Crippen LogP contribution in [-0.2, 0) is 0 Å². The highest BCUT2D eigenvalue weighted by atomic mass is 19.4. The number of aryl methyl sites for hydroxylation is 1. The van der Waals surface area contributed by atoms with Crippen molar-refractivity contribution in [2.24, 2.45) is 0 Å². The number of carbonyl (C=O) groups is 2. The smallest absolute Gasteiger partial charge is 0.317 e. The topological polar surface area (TPSA) is 76.0 Å². The molecule has 1 aromatic heterocycles. The number of amides is 1. The van der Waals surface area contributed by atoms with Gasteiger partial charge in [0.25, 0.3) is 17.5 Å². The number of hydrogen-bond acceptors (Lipinski definition) is 4. The summed E-state index contributed by atoms with van der Waals surface area (Å²) < 4.78 is 42.7. The molecule has 1 aliphatic rings. The van der Waals surface area contributed by atoms with Gasteiger partial charge in [0.2, 0.25) is 5.95 Å². The van der Waals surface area contributed by atoms with Crippen molar-refractivity contribution in [2.75, 3.05) is 5.32 Å². The zero-order valence-corrected chi connectivity index (χ0v) is 14.0. The van der Waals surface area contributed by atoms with Gasteiger partial charge >= 0.3 is 6.18 Å². The van der Waals surface area contributed by atoms with Gasteiger partial charge in [0.15, 0.2) is 0 Å². The molecule has 0 spiro atoms. The number of benzene rings is 2. The van der Waals surface area contributed by atoms with E-state index in [1.165, 1.54) is 18.2 Å². The molecular formula is C18H13F3N4O2. The molecule has 0 aliphatic carbocycles. The summed E-state index contributed by atoms with van der Waals surface area (Å²) in [6.45, 7) is 1.59. The Balaban J connectivity index is 1.80. The Morgan fingerprint density at radius 1 is 1.15 bits per heavy atom. The molecule has 0 unspecified atom stereocenters. The predicted molar refractivity (Wildman–Crippen MR) is 91.4 cm³/mol. The van der Waals surface area contributed by atoms with E-state index < -0.39 is 23.7 Å². The number of anilines is 1. The molecule has 1 aliphatic heterocycles. The molecule has 138 valence electrons. The fourth-order valence-electron chi connectivity index (χ4n) is 3.12. The van der Waals surface area contributed by atoms with E-state index in [4.69, 9.17) is 0 Å². The monoisotopic (exact) mass is 374 g/mol. The zero-order chi connectivity index (χ0) is 19.4. The SMILES string of the molecule is Cc1ccccc1C(=O)N[C@]1(C(F)(F)F)Nc2nc3ccccc3n2C1=O. The van der Waals surface area contributed by atoms with Crippen LogP contribution < -0.4 is 10.6 Å². The van der Waals surface area contributed by atoms with Crippen molar-refractivity contribution >= 4 is 28.8 Å². The van der Waals surface area contributed by atoms with Crippen LogP contribution in [0.15, 0.2) is 48.5 Å². The third-order valence-corrected chi connectivity index (χ3v) is 4.50. The zero-order valence-electron chi connectivity index (χ0n) is 14.0. The Hall–Kier alpha value is -3.36. The van der Waals surface area contributed by atoms with Crippen molar-refractivity contribution in [1.29, 1.82) is 0 Å². The fourth-order valence-corrected chi connectivity index (χ4v) is 3.12. The van der Waals surface area contributed by atoms with Gasteiger partial charge in [0.05, 0.1) is 11.0 Å². The molecule has 0 radical (unpaired) electrons. The van der Waals surface area contributed by atoms with Crippen molar-refractivity contribution in [3.8, 4) is 0 Å². The molecule has 1 atom stereocenters. The third kappa shape index (κ3) is 2.38. The Morgan fingerprint density at radius 3 is 2.52 bits per heavy atom. The summed E-state index contributed by atoms with van der Waals surface area (Å²) >= 11 is 0. The van der Waals surface area contributed by atoms with Crippen LogP contribution in [0.25, 0.3) is 11.0 Å². The molecule has 2 heterocycles. The second-order valence-electron chi connectivity index (χ2n) is 6.21. The van der Waals surface area contributed by atoms with E-state index >= 15 is 0 Å². The highest BCUT2D eigenvalue weighted by molar-refractivity contribution is 6.08. The lowest BCUT2D eigenvalue weighted by Gasteiger charge is -2.30. The quantitative estimate of drug-likeness (QED) is 0.723. The van der Waals surface area contributed by atoms with Crippen molar-refractivity contribution in [2.45, 2.75) is 18.8 Å². The second-order valence-corrected chi connectivity index (χ2v) is 6.21. The van der Waals surface area contributed by atoms with E-state index in [1.807, 2.05) is 5.32 Å². The number of alkyl halides is 3. The molecule has 0 bridgehead atoms. The molecule has 0 saturated heterocycles. The Morgan fingerprint density at radius 2 is 1.81 bits per heavy atom. The highest BCUT2D eigenvalue weighted by Crippen LogP contribution is 2.39. The summed E-state index contributed by atoms with van der Waals surface area (Å²) in [6.07, 6.45) is -5.09. The van der Waals surface area contributed by atoms with Gasteiger partial charge in [-0.2, -0.15) is 13.2 Å². The first kappa shape index (κ1) is 17.1. The first-order valence-corrected chi connectivity index (χ1v) is 8.00. The summed E-state index contributed by atoms with van der Waals surface area (Å²) in [4.78, 5) is 29.4. The Labute approximate surface area is 151 Å². The number of nitrogens with zero attached hydrogens (tertiary/aromatic N) is 2. The van der Waals surface area contributed by atoms with Crippen molar-refractivity contribution in [3.63, 3.8) is 0 Å². The van der Waals surface area contributed by atoms with Gasteiger partial charge in [-0.1, -0.05) is 30.3 Å². The van der Waals surface area contributed by atoms with Crippen molar-refractivity contribution in [1.82, 2.24) is 14.9 Å². The van der Waals surface area contributed by atoms with E-state index in [2.05, 4.69) is 10.3 Å². The van der Waals surface area contributed by atoms with Gasteiger partial charge in [-0.3, -0.25) is 9.59 Å². The van der Waals surface area contributed by atoms with Gasteiger partial charge in [-0.15, -0.1) is 0 Å². The molecule has 1 amide bonds. The number of halogens is 3. The lowest BCUT2D eigenvalue weighted by molar-refractivity contribution is -0.169. The minimum atomic E-state index is -5.09. The standard InChI is InChI=1S/C18H13F3N4O2/c1-10-6-2-3-7-11(10)14(26)23-17(18(19,20)21)15(27)25-13-9-5-4-8-12(13)22-16(25)24-17/h2-9H,1H3,(H,22,24)(H,23,26)/t17-/m0/s1. The third-order valence-electron chi connectivity index (χ3n) is 4.50. The summed E-state index contributed by atoms with van der Waals surface area (Å²) in [5.41, 5.74) is -2.17. The van der Waals surface area contributed by atoms with Crippen LogP contribution in [0.1, 0.15) is 20.7 Å². The summed E-state index contributed by atoms with van der Waals surface area (Å²) in [5.74, 6) is -2.65. The molecule has 4 rings (SSSR count). The van der Waals surface area contributed by atoms with Gasteiger partial charge in [-0.05, 0) is 30.7 Å². The number of hydrogen-bond donors (Lipinski definition) is 2. The number of para-hydroxylation sites is 2.